The van der Waals surface area contributed by atoms with Crippen LogP contribution in [0.15, 0.2) is 0 Å². The molecule has 1 spiro atoms. The van der Waals surface area contributed by atoms with E-state index in [1.165, 1.54) is 6.92 Å². The third-order valence-corrected chi connectivity index (χ3v) is 7.49. The average Bonchev–Trinajstić information content (AvgIpc) is 2.56. The molecule has 2 saturated carbocycles. The quantitative estimate of drug-likeness (QED) is 0.377. The Bertz CT molecular complexity index is 530. The average molecular weight is 316 g/mol. The Hall–Kier alpha value is -0.280. The number of aliphatic hydroxyl groups excluding tert-OH is 2. The molecule has 3 heterocycles. The van der Waals surface area contributed by atoms with Gasteiger partial charge >= 0.3 is 0 Å². The predicted octanol–water partition coefficient (Wildman–Crippen LogP) is -1.30. The van der Waals surface area contributed by atoms with Crippen molar-refractivity contribution in [3.63, 3.8) is 0 Å². The molecule has 0 aromatic carbocycles. The molecule has 5 fully saturated rings. The highest BCUT2D eigenvalue weighted by atomic mass is 16.8. The van der Waals surface area contributed by atoms with Crippen molar-refractivity contribution < 1.29 is 35.0 Å². The summed E-state index contributed by atoms with van der Waals surface area (Å²) >= 11 is 0. The van der Waals surface area contributed by atoms with Crippen LogP contribution in [0.25, 0.3) is 0 Å². The van der Waals surface area contributed by atoms with Crippen molar-refractivity contribution in [3.05, 3.63) is 0 Å². The third-order valence-electron chi connectivity index (χ3n) is 7.49. The van der Waals surface area contributed by atoms with Crippen LogP contribution in [0.3, 0.4) is 0 Å². The highest BCUT2D eigenvalue weighted by Gasteiger charge is 2.87. The zero-order valence-electron chi connectivity index (χ0n) is 13.0. The maximum absolute atomic E-state index is 11.6. The zero-order valence-corrected chi connectivity index (χ0v) is 13.0. The predicted molar refractivity (Wildman–Crippen MR) is 72.3 cm³/mol. The van der Waals surface area contributed by atoms with Crippen LogP contribution in [0.4, 0.5) is 0 Å². The Morgan fingerprint density at radius 2 is 1.73 bits per heavy atom. The Morgan fingerprint density at radius 3 is 2.36 bits per heavy atom. The van der Waals surface area contributed by atoms with Gasteiger partial charge in [-0.2, -0.15) is 0 Å². The molecule has 3 aliphatic heterocycles. The molecular weight excluding hydrogens is 292 g/mol. The molecule has 0 unspecified atom stereocenters. The SMILES string of the molecule is C[C@@H]1C[C@@H](O)[C@@]2(O)[C@@]13C[C@@]1(O)O[C@H](OC[C@]2(C)[C@@]1(C)O)[C@@H]3O. The van der Waals surface area contributed by atoms with Crippen LogP contribution < -0.4 is 0 Å². The van der Waals surface area contributed by atoms with Crippen LogP contribution >= 0.6 is 0 Å². The summed E-state index contributed by atoms with van der Waals surface area (Å²) in [4.78, 5) is 0. The van der Waals surface area contributed by atoms with E-state index < -0.39 is 46.3 Å². The molecule has 0 amide bonds. The number of rotatable bonds is 0. The molecule has 7 heteroatoms. The van der Waals surface area contributed by atoms with Gasteiger partial charge in [0.05, 0.1) is 18.1 Å². The second-order valence-electron chi connectivity index (χ2n) is 8.07. The van der Waals surface area contributed by atoms with Gasteiger partial charge in [-0.15, -0.1) is 0 Å². The molecule has 5 N–H and O–H groups in total. The number of aliphatic hydroxyl groups is 5. The zero-order chi connectivity index (χ0) is 16.3. The van der Waals surface area contributed by atoms with Crippen LogP contribution in [0, 0.1) is 16.7 Å². The minimum absolute atomic E-state index is 0.133. The first-order valence-electron chi connectivity index (χ1n) is 7.81. The lowest BCUT2D eigenvalue weighted by Crippen LogP contribution is -2.84. The van der Waals surface area contributed by atoms with Gasteiger partial charge in [0.15, 0.2) is 12.1 Å². The van der Waals surface area contributed by atoms with Gasteiger partial charge in [-0.1, -0.05) is 13.8 Å². The molecule has 0 aromatic heterocycles. The van der Waals surface area contributed by atoms with Crippen LogP contribution in [0.2, 0.25) is 0 Å². The Morgan fingerprint density at radius 1 is 1.09 bits per heavy atom. The lowest BCUT2D eigenvalue weighted by molar-refractivity contribution is -0.452. The first-order valence-corrected chi connectivity index (χ1v) is 7.81. The highest BCUT2D eigenvalue weighted by Crippen LogP contribution is 2.74. The first-order chi connectivity index (χ1) is 9.98. The van der Waals surface area contributed by atoms with Crippen molar-refractivity contribution in [2.75, 3.05) is 6.61 Å². The normalized spacial score (nSPS) is 69.8. The molecule has 22 heavy (non-hydrogen) atoms. The smallest absolute Gasteiger partial charge is 0.199 e. The Kier molecular flexibility index (Phi) is 2.56. The summed E-state index contributed by atoms with van der Waals surface area (Å²) < 4.78 is 11.1. The topological polar surface area (TPSA) is 120 Å². The molecule has 3 saturated heterocycles. The molecule has 5 rings (SSSR count). The van der Waals surface area contributed by atoms with Crippen molar-refractivity contribution >= 4 is 0 Å². The Balaban J connectivity index is 2.08. The molecule has 0 aromatic rings. The molecular formula is C15H24O7. The van der Waals surface area contributed by atoms with E-state index in [-0.39, 0.29) is 25.4 Å². The van der Waals surface area contributed by atoms with Gasteiger partial charge in [0.25, 0.3) is 0 Å². The largest absolute Gasteiger partial charge is 0.390 e. The molecule has 9 atom stereocenters. The second-order valence-corrected chi connectivity index (χ2v) is 8.07. The van der Waals surface area contributed by atoms with Gasteiger partial charge in [-0.05, 0) is 19.3 Å². The summed E-state index contributed by atoms with van der Waals surface area (Å²) in [5, 5.41) is 55.1. The highest BCUT2D eigenvalue weighted by molar-refractivity contribution is 5.33. The number of fused-ring (bicyclic) bond motifs is 1. The van der Waals surface area contributed by atoms with Crippen molar-refractivity contribution in [3.8, 4) is 0 Å². The van der Waals surface area contributed by atoms with E-state index in [4.69, 9.17) is 9.47 Å². The number of ether oxygens (including phenoxy) is 2. The standard InChI is InChI=1S/C15H24O7/c1-7-4-8(16)15(20)11(2)6-21-10-9(17)13(7,15)5-14(19,22-10)12(11,3)18/h7-10,16-20H,4-6H2,1-3H3/t7-,8-,9+,10+,11-,12-,13+,14-,15+/m1/s1. The molecule has 126 valence electrons. The van der Waals surface area contributed by atoms with Crippen molar-refractivity contribution in [2.45, 2.75) is 69.1 Å². The van der Waals surface area contributed by atoms with E-state index in [1.807, 2.05) is 6.92 Å². The van der Waals surface area contributed by atoms with E-state index >= 15 is 0 Å². The molecule has 4 bridgehead atoms. The van der Waals surface area contributed by atoms with Gasteiger partial charge in [0.1, 0.15) is 17.3 Å². The van der Waals surface area contributed by atoms with Gasteiger partial charge in [0.2, 0.25) is 0 Å². The van der Waals surface area contributed by atoms with Crippen molar-refractivity contribution in [2.24, 2.45) is 16.7 Å². The van der Waals surface area contributed by atoms with Crippen molar-refractivity contribution in [1.29, 1.82) is 0 Å². The summed E-state index contributed by atoms with van der Waals surface area (Å²) in [6.07, 6.45) is -3.34. The van der Waals surface area contributed by atoms with Crippen LogP contribution in [-0.2, 0) is 9.47 Å². The van der Waals surface area contributed by atoms with E-state index in [9.17, 15) is 25.5 Å². The maximum Gasteiger partial charge on any atom is 0.199 e. The first kappa shape index (κ1) is 15.3. The van der Waals surface area contributed by atoms with E-state index in [2.05, 4.69) is 0 Å². The summed E-state index contributed by atoms with van der Waals surface area (Å²) in [6, 6.07) is 0. The van der Waals surface area contributed by atoms with Crippen LogP contribution in [-0.4, -0.2) is 67.6 Å². The fourth-order valence-electron chi connectivity index (χ4n) is 5.86. The summed E-state index contributed by atoms with van der Waals surface area (Å²) in [6.45, 7) is 4.68. The van der Waals surface area contributed by atoms with E-state index in [1.54, 1.807) is 6.92 Å². The monoisotopic (exact) mass is 316 g/mol. The minimum atomic E-state index is -1.95. The van der Waals surface area contributed by atoms with Gasteiger partial charge < -0.3 is 35.0 Å². The third kappa shape index (κ3) is 1.12. The fourth-order valence-corrected chi connectivity index (χ4v) is 5.86. The molecule has 2 aliphatic carbocycles. The second kappa shape index (κ2) is 3.69. The minimum Gasteiger partial charge on any atom is -0.390 e. The van der Waals surface area contributed by atoms with E-state index in [0.717, 1.165) is 0 Å². The summed E-state index contributed by atoms with van der Waals surface area (Å²) in [7, 11) is 0. The summed E-state index contributed by atoms with van der Waals surface area (Å²) in [5.74, 6) is -2.22. The van der Waals surface area contributed by atoms with Gasteiger partial charge in [-0.25, -0.2) is 0 Å². The lowest BCUT2D eigenvalue weighted by Gasteiger charge is -2.69. The van der Waals surface area contributed by atoms with E-state index in [0.29, 0.717) is 0 Å². The van der Waals surface area contributed by atoms with Crippen LogP contribution in [0.1, 0.15) is 33.6 Å². The number of hydrogen-bond donors (Lipinski definition) is 5. The molecule has 7 nitrogen and oxygen atoms in total. The van der Waals surface area contributed by atoms with Crippen LogP contribution in [0.5, 0.6) is 0 Å². The Labute approximate surface area is 128 Å². The van der Waals surface area contributed by atoms with Gasteiger partial charge in [-0.3, -0.25) is 0 Å². The maximum atomic E-state index is 11.6. The molecule has 5 aliphatic rings. The molecule has 0 radical (unpaired) electrons. The number of hydrogen-bond acceptors (Lipinski definition) is 7. The lowest BCUT2D eigenvalue weighted by atomic mass is 9.43. The van der Waals surface area contributed by atoms with Crippen molar-refractivity contribution in [1.82, 2.24) is 0 Å². The summed E-state index contributed by atoms with van der Waals surface area (Å²) in [5.41, 5.74) is -6.23. The van der Waals surface area contributed by atoms with Gasteiger partial charge in [0, 0.05) is 11.8 Å². The fraction of sp³-hybridized carbons (Fsp3) is 1.00.